The summed E-state index contributed by atoms with van der Waals surface area (Å²) in [5, 5.41) is 7.90. The molecular weight excluding hydrogens is 344 g/mol. The van der Waals surface area contributed by atoms with Gasteiger partial charge in [-0.25, -0.2) is 13.6 Å². The van der Waals surface area contributed by atoms with Crippen LogP contribution in [0, 0.1) is 0 Å². The van der Waals surface area contributed by atoms with Crippen molar-refractivity contribution < 1.29 is 22.7 Å². The van der Waals surface area contributed by atoms with Crippen LogP contribution in [0.2, 0.25) is 0 Å². The van der Waals surface area contributed by atoms with Gasteiger partial charge < -0.3 is 14.8 Å². The molecule has 7 nitrogen and oxygen atoms in total. The van der Waals surface area contributed by atoms with Crippen LogP contribution in [0.5, 0.6) is 11.5 Å². The molecule has 0 fully saturated rings. The second kappa shape index (κ2) is 7.12. The number of carbonyl (C=O) groups excluding carboxylic acids is 1. The topological polar surface area (TPSA) is 108 Å². The molecule has 2 aromatic rings. The van der Waals surface area contributed by atoms with E-state index in [1.54, 1.807) is 30.3 Å². The third-order valence-corrected chi connectivity index (χ3v) is 4.74. The number of ether oxygens (including phenoxy) is 2. The Bertz CT molecular complexity index is 878. The van der Waals surface area contributed by atoms with Crippen molar-refractivity contribution in [2.45, 2.75) is 17.7 Å². The molecule has 0 unspecified atom stereocenters. The van der Waals surface area contributed by atoms with E-state index in [0.717, 1.165) is 12.0 Å². The van der Waals surface area contributed by atoms with Crippen molar-refractivity contribution >= 4 is 15.9 Å². The third-order valence-electron chi connectivity index (χ3n) is 3.81. The van der Waals surface area contributed by atoms with Crippen LogP contribution in [0.25, 0.3) is 0 Å². The summed E-state index contributed by atoms with van der Waals surface area (Å²) in [6, 6.07) is 11.5. The minimum atomic E-state index is -3.67. The highest BCUT2D eigenvalue weighted by atomic mass is 32.2. The molecule has 1 amide bonds. The average Bonchev–Trinajstić information content (AvgIpc) is 3.06. The Morgan fingerprint density at radius 2 is 1.80 bits per heavy atom. The molecule has 0 saturated heterocycles. The number of nitrogens with two attached hydrogens (primary N) is 1. The number of fused-ring (bicyclic) bond motifs is 1. The van der Waals surface area contributed by atoms with Crippen molar-refractivity contribution in [2.75, 3.05) is 13.3 Å². The van der Waals surface area contributed by atoms with Crippen molar-refractivity contribution in [3.63, 3.8) is 0 Å². The van der Waals surface area contributed by atoms with Crippen LogP contribution in [0.15, 0.2) is 47.4 Å². The predicted octanol–water partition coefficient (Wildman–Crippen LogP) is 1.43. The van der Waals surface area contributed by atoms with E-state index >= 15 is 0 Å². The second-order valence-corrected chi connectivity index (χ2v) is 7.18. The van der Waals surface area contributed by atoms with Crippen LogP contribution in [0.3, 0.4) is 0 Å². The monoisotopic (exact) mass is 362 g/mol. The Balaban J connectivity index is 1.47. The van der Waals surface area contributed by atoms with E-state index in [2.05, 4.69) is 5.32 Å². The summed E-state index contributed by atoms with van der Waals surface area (Å²) in [5.74, 6) is 1.03. The lowest BCUT2D eigenvalue weighted by Crippen LogP contribution is -2.24. The molecule has 0 aliphatic carbocycles. The molecule has 0 spiro atoms. The Morgan fingerprint density at radius 1 is 1.08 bits per heavy atom. The van der Waals surface area contributed by atoms with Gasteiger partial charge in [-0.2, -0.15) is 0 Å². The van der Waals surface area contributed by atoms with Gasteiger partial charge in [0.2, 0.25) is 16.8 Å². The molecule has 0 radical (unpaired) electrons. The fourth-order valence-electron chi connectivity index (χ4n) is 2.48. The van der Waals surface area contributed by atoms with E-state index in [0.29, 0.717) is 30.0 Å². The maximum Gasteiger partial charge on any atom is 0.251 e. The van der Waals surface area contributed by atoms with Crippen molar-refractivity contribution in [3.05, 3.63) is 53.6 Å². The molecule has 1 aliphatic rings. The second-order valence-electron chi connectivity index (χ2n) is 5.62. The van der Waals surface area contributed by atoms with Gasteiger partial charge in [0.05, 0.1) is 4.90 Å². The Hall–Kier alpha value is -2.58. The van der Waals surface area contributed by atoms with Gasteiger partial charge in [-0.05, 0) is 48.7 Å². The number of amides is 1. The Labute approximate surface area is 145 Å². The highest BCUT2D eigenvalue weighted by Crippen LogP contribution is 2.32. The molecule has 3 rings (SSSR count). The lowest BCUT2D eigenvalue weighted by molar-refractivity contribution is 0.0952. The lowest BCUT2D eigenvalue weighted by atomic mass is 10.1. The SMILES string of the molecule is NS(=O)(=O)c1ccc(CCCNC(=O)c2ccc3c(c2)OCO3)cc1. The Kier molecular flexibility index (Phi) is 4.91. The number of carbonyl (C=O) groups is 1. The van der Waals surface area contributed by atoms with Crippen molar-refractivity contribution in [3.8, 4) is 11.5 Å². The van der Waals surface area contributed by atoms with Gasteiger partial charge in [0.1, 0.15) is 0 Å². The first-order valence-corrected chi connectivity index (χ1v) is 9.28. The molecule has 3 N–H and O–H groups in total. The van der Waals surface area contributed by atoms with E-state index in [1.165, 1.54) is 12.1 Å². The fraction of sp³-hybridized carbons (Fsp3) is 0.235. The standard InChI is InChI=1S/C17H18N2O5S/c18-25(21,22)14-6-3-12(4-7-14)2-1-9-19-17(20)13-5-8-15-16(10-13)24-11-23-15/h3-8,10H,1-2,9,11H2,(H,19,20)(H2,18,21,22). The molecule has 0 saturated carbocycles. The first-order chi connectivity index (χ1) is 11.9. The zero-order valence-corrected chi connectivity index (χ0v) is 14.2. The van der Waals surface area contributed by atoms with Crippen LogP contribution >= 0.6 is 0 Å². The van der Waals surface area contributed by atoms with Gasteiger partial charge >= 0.3 is 0 Å². The average molecular weight is 362 g/mol. The first-order valence-electron chi connectivity index (χ1n) is 7.73. The number of primary sulfonamides is 1. The minimum absolute atomic E-state index is 0.0901. The van der Waals surface area contributed by atoms with E-state index < -0.39 is 10.0 Å². The lowest BCUT2D eigenvalue weighted by Gasteiger charge is -2.07. The smallest absolute Gasteiger partial charge is 0.251 e. The maximum atomic E-state index is 12.1. The van der Waals surface area contributed by atoms with Gasteiger partial charge in [0.25, 0.3) is 5.91 Å². The molecule has 25 heavy (non-hydrogen) atoms. The van der Waals surface area contributed by atoms with Crippen LogP contribution in [-0.2, 0) is 16.4 Å². The number of sulfonamides is 1. The Morgan fingerprint density at radius 3 is 2.52 bits per heavy atom. The molecule has 0 aromatic heterocycles. The molecule has 2 aromatic carbocycles. The highest BCUT2D eigenvalue weighted by molar-refractivity contribution is 7.89. The predicted molar refractivity (Wildman–Crippen MR) is 91.0 cm³/mol. The van der Waals surface area contributed by atoms with Gasteiger partial charge in [-0.15, -0.1) is 0 Å². The van der Waals surface area contributed by atoms with Crippen LogP contribution in [0.4, 0.5) is 0 Å². The molecule has 8 heteroatoms. The van der Waals surface area contributed by atoms with Crippen LogP contribution < -0.4 is 19.9 Å². The van der Waals surface area contributed by atoms with Crippen LogP contribution in [-0.4, -0.2) is 27.7 Å². The van der Waals surface area contributed by atoms with E-state index in [1.807, 2.05) is 0 Å². The summed E-state index contributed by atoms with van der Waals surface area (Å²) in [6.07, 6.45) is 1.44. The van der Waals surface area contributed by atoms with Gasteiger partial charge in [-0.3, -0.25) is 4.79 Å². The minimum Gasteiger partial charge on any atom is -0.454 e. The van der Waals surface area contributed by atoms with E-state index in [-0.39, 0.29) is 17.6 Å². The quantitative estimate of drug-likeness (QED) is 0.756. The van der Waals surface area contributed by atoms with Gasteiger partial charge in [0, 0.05) is 12.1 Å². The summed E-state index contributed by atoms with van der Waals surface area (Å²) >= 11 is 0. The zero-order chi connectivity index (χ0) is 17.9. The van der Waals surface area contributed by atoms with E-state index in [9.17, 15) is 13.2 Å². The highest BCUT2D eigenvalue weighted by Gasteiger charge is 2.15. The molecule has 132 valence electrons. The number of benzene rings is 2. The number of rotatable bonds is 6. The van der Waals surface area contributed by atoms with Crippen molar-refractivity contribution in [1.29, 1.82) is 0 Å². The van der Waals surface area contributed by atoms with Crippen molar-refractivity contribution in [2.24, 2.45) is 5.14 Å². The number of hydrogen-bond acceptors (Lipinski definition) is 5. The largest absolute Gasteiger partial charge is 0.454 e. The summed E-state index contributed by atoms with van der Waals surface area (Å²) in [4.78, 5) is 12.2. The van der Waals surface area contributed by atoms with Gasteiger partial charge in [0.15, 0.2) is 11.5 Å². The van der Waals surface area contributed by atoms with E-state index in [4.69, 9.17) is 14.6 Å². The molecule has 0 bridgehead atoms. The number of aryl methyl sites for hydroxylation is 1. The molecule has 1 aliphatic heterocycles. The van der Waals surface area contributed by atoms with Crippen molar-refractivity contribution in [1.82, 2.24) is 5.32 Å². The normalized spacial score (nSPS) is 12.8. The number of hydrogen-bond donors (Lipinski definition) is 2. The van der Waals surface area contributed by atoms with Gasteiger partial charge in [-0.1, -0.05) is 12.1 Å². The number of nitrogens with one attached hydrogen (secondary N) is 1. The maximum absolute atomic E-state index is 12.1. The molecular formula is C17H18N2O5S. The summed E-state index contributed by atoms with van der Waals surface area (Å²) in [6.45, 7) is 0.675. The first kappa shape index (κ1) is 17.2. The molecule has 0 atom stereocenters. The molecule has 1 heterocycles. The third kappa shape index (κ3) is 4.28. The summed E-state index contributed by atoms with van der Waals surface area (Å²) in [5.41, 5.74) is 1.49. The zero-order valence-electron chi connectivity index (χ0n) is 13.4. The van der Waals surface area contributed by atoms with Crippen LogP contribution in [0.1, 0.15) is 22.3 Å². The summed E-state index contributed by atoms with van der Waals surface area (Å²) < 4.78 is 32.9. The fourth-order valence-corrected chi connectivity index (χ4v) is 3.00. The summed E-state index contributed by atoms with van der Waals surface area (Å²) in [7, 11) is -3.67.